The van der Waals surface area contributed by atoms with Crippen LogP contribution in [0.2, 0.25) is 0 Å². The molecule has 0 aliphatic heterocycles. The van der Waals surface area contributed by atoms with Crippen molar-refractivity contribution >= 4 is 16.6 Å². The van der Waals surface area contributed by atoms with Crippen LogP contribution < -0.4 is 5.73 Å². The second-order valence-corrected chi connectivity index (χ2v) is 5.05. The van der Waals surface area contributed by atoms with E-state index in [0.717, 1.165) is 22.2 Å². The minimum atomic E-state index is 0.0211. The van der Waals surface area contributed by atoms with Crippen molar-refractivity contribution in [1.29, 1.82) is 5.26 Å². The smallest absolute Gasteiger partial charge is 0.103 e. The molecule has 3 nitrogen and oxygen atoms in total. The molecule has 0 saturated heterocycles. The van der Waals surface area contributed by atoms with Gasteiger partial charge in [0.05, 0.1) is 22.5 Å². The molecule has 0 fully saturated rings. The number of anilines is 1. The fraction of sp³-hybridized carbons (Fsp3) is 0.111. The zero-order valence-electron chi connectivity index (χ0n) is 11.7. The summed E-state index contributed by atoms with van der Waals surface area (Å²) in [6.07, 6.45) is 0. The summed E-state index contributed by atoms with van der Waals surface area (Å²) in [5, 5.41) is 10.3. The van der Waals surface area contributed by atoms with Crippen LogP contribution in [0.25, 0.3) is 10.9 Å². The summed E-state index contributed by atoms with van der Waals surface area (Å²) in [5.41, 5.74) is 9.86. The molecule has 0 bridgehead atoms. The van der Waals surface area contributed by atoms with Gasteiger partial charge in [-0.15, -0.1) is 0 Å². The zero-order valence-corrected chi connectivity index (χ0v) is 11.7. The van der Waals surface area contributed by atoms with Gasteiger partial charge in [0, 0.05) is 11.3 Å². The van der Waals surface area contributed by atoms with Gasteiger partial charge in [0.1, 0.15) is 6.07 Å². The number of hydrogen-bond acceptors (Lipinski definition) is 3. The zero-order chi connectivity index (χ0) is 14.8. The lowest BCUT2D eigenvalue weighted by atomic mass is 9.92. The Hall–Kier alpha value is -2.86. The monoisotopic (exact) mass is 273 g/mol. The predicted molar refractivity (Wildman–Crippen MR) is 84.8 cm³/mol. The van der Waals surface area contributed by atoms with E-state index in [2.05, 4.69) is 11.1 Å². The number of fused-ring (bicyclic) bond motifs is 1. The van der Waals surface area contributed by atoms with Crippen molar-refractivity contribution in [2.75, 3.05) is 5.73 Å². The Balaban J connectivity index is 2.25. The molecule has 102 valence electrons. The topological polar surface area (TPSA) is 62.7 Å². The van der Waals surface area contributed by atoms with E-state index in [1.165, 1.54) is 0 Å². The standard InChI is InChI=1S/C18H15N3/c1-12(13-7-3-2-4-8-13)18-15(11-19)17(20)14-9-5-6-10-16(14)21-18/h2-10,12H,1H3,(H2,20,21). The van der Waals surface area contributed by atoms with Crippen LogP contribution in [0.3, 0.4) is 0 Å². The highest BCUT2D eigenvalue weighted by Gasteiger charge is 2.18. The van der Waals surface area contributed by atoms with Gasteiger partial charge in [-0.25, -0.2) is 0 Å². The predicted octanol–water partition coefficient (Wildman–Crippen LogP) is 3.84. The summed E-state index contributed by atoms with van der Waals surface area (Å²) in [7, 11) is 0. The third-order valence-electron chi connectivity index (χ3n) is 3.78. The van der Waals surface area contributed by atoms with E-state index in [1.54, 1.807) is 0 Å². The summed E-state index contributed by atoms with van der Waals surface area (Å²) in [6.45, 7) is 2.05. The van der Waals surface area contributed by atoms with E-state index in [-0.39, 0.29) is 5.92 Å². The van der Waals surface area contributed by atoms with Crippen molar-refractivity contribution in [3.05, 3.63) is 71.4 Å². The Labute approximate surface area is 123 Å². The molecular weight excluding hydrogens is 258 g/mol. The average Bonchev–Trinajstić information content (AvgIpc) is 2.55. The Kier molecular flexibility index (Phi) is 3.29. The van der Waals surface area contributed by atoms with Crippen LogP contribution in [0.5, 0.6) is 0 Å². The lowest BCUT2D eigenvalue weighted by Crippen LogP contribution is -2.06. The fourth-order valence-corrected chi connectivity index (χ4v) is 2.59. The highest BCUT2D eigenvalue weighted by molar-refractivity contribution is 5.93. The third kappa shape index (κ3) is 2.21. The quantitative estimate of drug-likeness (QED) is 0.771. The minimum absolute atomic E-state index is 0.0211. The molecule has 0 radical (unpaired) electrons. The van der Waals surface area contributed by atoms with Crippen LogP contribution in [0.1, 0.15) is 29.7 Å². The van der Waals surface area contributed by atoms with Crippen LogP contribution in [0.4, 0.5) is 5.69 Å². The van der Waals surface area contributed by atoms with Gasteiger partial charge >= 0.3 is 0 Å². The molecule has 2 N–H and O–H groups in total. The van der Waals surface area contributed by atoms with Crippen LogP contribution in [0.15, 0.2) is 54.6 Å². The Morgan fingerprint density at radius 1 is 1.05 bits per heavy atom. The first-order chi connectivity index (χ1) is 10.2. The van der Waals surface area contributed by atoms with Gasteiger partial charge in [-0.3, -0.25) is 4.98 Å². The number of benzene rings is 2. The molecule has 3 aromatic rings. The van der Waals surface area contributed by atoms with Gasteiger partial charge in [-0.1, -0.05) is 55.5 Å². The van der Waals surface area contributed by atoms with Gasteiger partial charge < -0.3 is 5.73 Å². The Bertz CT molecular complexity index is 832. The van der Waals surface area contributed by atoms with E-state index in [1.807, 2.05) is 61.5 Å². The first kappa shape index (κ1) is 13.1. The molecule has 21 heavy (non-hydrogen) atoms. The van der Waals surface area contributed by atoms with Crippen molar-refractivity contribution in [3.8, 4) is 6.07 Å². The molecule has 0 saturated carbocycles. The van der Waals surface area contributed by atoms with Gasteiger partial charge in [0.25, 0.3) is 0 Å². The highest BCUT2D eigenvalue weighted by atomic mass is 14.7. The summed E-state index contributed by atoms with van der Waals surface area (Å²) in [5.74, 6) is 0.0211. The number of para-hydroxylation sites is 1. The maximum Gasteiger partial charge on any atom is 0.103 e. The first-order valence-corrected chi connectivity index (χ1v) is 6.85. The molecule has 2 aromatic carbocycles. The van der Waals surface area contributed by atoms with Crippen molar-refractivity contribution < 1.29 is 0 Å². The number of pyridine rings is 1. The Morgan fingerprint density at radius 2 is 1.71 bits per heavy atom. The van der Waals surface area contributed by atoms with Gasteiger partial charge in [0.15, 0.2) is 0 Å². The SMILES string of the molecule is CC(c1ccccc1)c1nc2ccccc2c(N)c1C#N. The van der Waals surface area contributed by atoms with Crippen LogP contribution in [0, 0.1) is 11.3 Å². The van der Waals surface area contributed by atoms with E-state index in [9.17, 15) is 5.26 Å². The van der Waals surface area contributed by atoms with E-state index < -0.39 is 0 Å². The maximum atomic E-state index is 9.48. The Morgan fingerprint density at radius 3 is 2.43 bits per heavy atom. The number of hydrogen-bond donors (Lipinski definition) is 1. The number of nitrogens with two attached hydrogens (primary N) is 1. The molecule has 1 heterocycles. The largest absolute Gasteiger partial charge is 0.397 e. The highest BCUT2D eigenvalue weighted by Crippen LogP contribution is 2.32. The maximum absolute atomic E-state index is 9.48. The number of nitriles is 1. The molecule has 0 aliphatic carbocycles. The number of aromatic nitrogens is 1. The van der Waals surface area contributed by atoms with Gasteiger partial charge in [-0.2, -0.15) is 5.26 Å². The third-order valence-corrected chi connectivity index (χ3v) is 3.78. The van der Waals surface area contributed by atoms with E-state index in [0.29, 0.717) is 11.3 Å². The minimum Gasteiger partial charge on any atom is -0.397 e. The molecule has 0 amide bonds. The molecule has 1 atom stereocenters. The average molecular weight is 273 g/mol. The number of nitrogen functional groups attached to an aromatic ring is 1. The fourth-order valence-electron chi connectivity index (χ4n) is 2.59. The lowest BCUT2D eigenvalue weighted by Gasteiger charge is -2.16. The summed E-state index contributed by atoms with van der Waals surface area (Å²) in [4.78, 5) is 4.68. The molecule has 3 heteroatoms. The molecule has 3 rings (SSSR count). The van der Waals surface area contributed by atoms with Crippen molar-refractivity contribution in [1.82, 2.24) is 4.98 Å². The number of rotatable bonds is 2. The second-order valence-electron chi connectivity index (χ2n) is 5.05. The number of nitrogens with zero attached hydrogens (tertiary/aromatic N) is 2. The summed E-state index contributed by atoms with van der Waals surface area (Å²) < 4.78 is 0. The summed E-state index contributed by atoms with van der Waals surface area (Å²) >= 11 is 0. The van der Waals surface area contributed by atoms with Crippen LogP contribution in [-0.4, -0.2) is 4.98 Å². The van der Waals surface area contributed by atoms with E-state index >= 15 is 0 Å². The molecule has 0 aliphatic rings. The normalized spacial score (nSPS) is 12.0. The van der Waals surface area contributed by atoms with Crippen LogP contribution in [-0.2, 0) is 0 Å². The molecule has 1 unspecified atom stereocenters. The summed E-state index contributed by atoms with van der Waals surface area (Å²) in [6, 6.07) is 19.9. The molecule has 1 aromatic heterocycles. The van der Waals surface area contributed by atoms with Crippen LogP contribution >= 0.6 is 0 Å². The van der Waals surface area contributed by atoms with Crippen molar-refractivity contribution in [2.45, 2.75) is 12.8 Å². The molecular formula is C18H15N3. The lowest BCUT2D eigenvalue weighted by molar-refractivity contribution is 0.876. The van der Waals surface area contributed by atoms with Crippen molar-refractivity contribution in [2.24, 2.45) is 0 Å². The van der Waals surface area contributed by atoms with Gasteiger partial charge in [0.2, 0.25) is 0 Å². The van der Waals surface area contributed by atoms with E-state index in [4.69, 9.17) is 5.73 Å². The van der Waals surface area contributed by atoms with Crippen molar-refractivity contribution in [3.63, 3.8) is 0 Å². The molecule has 0 spiro atoms. The van der Waals surface area contributed by atoms with Gasteiger partial charge in [-0.05, 0) is 11.6 Å². The first-order valence-electron chi connectivity index (χ1n) is 6.85. The second kappa shape index (κ2) is 5.26.